The third-order valence-corrected chi connectivity index (χ3v) is 6.29. The maximum Gasteiger partial charge on any atom is 0.220 e. The summed E-state index contributed by atoms with van der Waals surface area (Å²) < 4.78 is 0. The van der Waals surface area contributed by atoms with Gasteiger partial charge in [-0.2, -0.15) is 0 Å². The highest BCUT2D eigenvalue weighted by molar-refractivity contribution is 5.76. The summed E-state index contributed by atoms with van der Waals surface area (Å²) in [5.41, 5.74) is 1.21. The number of piperidine rings is 2. The first-order chi connectivity index (χ1) is 12.9. The van der Waals surface area contributed by atoms with Gasteiger partial charge >= 0.3 is 0 Å². The van der Waals surface area contributed by atoms with Crippen molar-refractivity contribution in [1.29, 1.82) is 0 Å². The molecule has 1 aromatic rings. The van der Waals surface area contributed by atoms with Crippen LogP contribution >= 0.6 is 0 Å². The van der Waals surface area contributed by atoms with Crippen LogP contribution in [0.2, 0.25) is 0 Å². The Morgan fingerprint density at radius 2 is 2.26 bits per heavy atom. The van der Waals surface area contributed by atoms with Crippen molar-refractivity contribution < 1.29 is 4.79 Å². The predicted molar refractivity (Wildman–Crippen MR) is 109 cm³/mol. The number of carbonyl (C=O) groups is 1. The largest absolute Gasteiger partial charge is 0.351 e. The maximum absolute atomic E-state index is 12.2. The SMILES string of the molecule is CCC(C)(C)NC(=O)CCC[C@H]1NCC2CC1CN(Cc1cccnc1)C2. The van der Waals surface area contributed by atoms with Gasteiger partial charge in [0.25, 0.3) is 0 Å². The molecule has 27 heavy (non-hydrogen) atoms. The number of aromatic nitrogens is 1. The molecule has 150 valence electrons. The van der Waals surface area contributed by atoms with Gasteiger partial charge in [0.1, 0.15) is 0 Å². The number of hydrogen-bond acceptors (Lipinski definition) is 4. The van der Waals surface area contributed by atoms with Crippen LogP contribution in [0.5, 0.6) is 0 Å². The van der Waals surface area contributed by atoms with Gasteiger partial charge in [0, 0.05) is 50.0 Å². The molecule has 0 radical (unpaired) electrons. The summed E-state index contributed by atoms with van der Waals surface area (Å²) in [6.07, 6.45) is 8.81. The number of pyridine rings is 1. The zero-order valence-corrected chi connectivity index (χ0v) is 17.2. The Hall–Kier alpha value is -1.46. The van der Waals surface area contributed by atoms with E-state index in [0.717, 1.165) is 44.8 Å². The Balaban J connectivity index is 1.45. The molecule has 2 unspecified atom stereocenters. The molecule has 0 saturated carbocycles. The molecule has 5 heteroatoms. The van der Waals surface area contributed by atoms with E-state index in [-0.39, 0.29) is 11.4 Å². The van der Waals surface area contributed by atoms with Gasteiger partial charge in [0.15, 0.2) is 0 Å². The number of nitrogens with zero attached hydrogens (tertiary/aromatic N) is 2. The first-order valence-electron chi connectivity index (χ1n) is 10.6. The molecule has 3 rings (SSSR count). The van der Waals surface area contributed by atoms with E-state index in [1.54, 1.807) is 0 Å². The highest BCUT2D eigenvalue weighted by atomic mass is 16.1. The van der Waals surface area contributed by atoms with Crippen molar-refractivity contribution in [3.05, 3.63) is 30.1 Å². The van der Waals surface area contributed by atoms with E-state index < -0.39 is 0 Å². The summed E-state index contributed by atoms with van der Waals surface area (Å²) in [5, 5.41) is 6.92. The molecule has 0 spiro atoms. The van der Waals surface area contributed by atoms with Crippen molar-refractivity contribution in [1.82, 2.24) is 20.5 Å². The monoisotopic (exact) mass is 372 g/mol. The summed E-state index contributed by atoms with van der Waals surface area (Å²) in [6, 6.07) is 4.74. The van der Waals surface area contributed by atoms with Crippen LogP contribution in [0.15, 0.2) is 24.5 Å². The molecule has 2 bridgehead atoms. The summed E-state index contributed by atoms with van der Waals surface area (Å²) >= 11 is 0. The average molecular weight is 373 g/mol. The molecule has 0 aromatic carbocycles. The summed E-state index contributed by atoms with van der Waals surface area (Å²) in [4.78, 5) is 19.0. The lowest BCUT2D eigenvalue weighted by Crippen LogP contribution is -2.55. The molecule has 1 aromatic heterocycles. The Labute approximate surface area is 164 Å². The van der Waals surface area contributed by atoms with E-state index >= 15 is 0 Å². The minimum absolute atomic E-state index is 0.0937. The van der Waals surface area contributed by atoms with Gasteiger partial charge in [-0.05, 0) is 69.5 Å². The van der Waals surface area contributed by atoms with Crippen molar-refractivity contribution in [2.24, 2.45) is 11.8 Å². The fraction of sp³-hybridized carbons (Fsp3) is 0.727. The first-order valence-corrected chi connectivity index (χ1v) is 10.6. The Morgan fingerprint density at radius 3 is 3.00 bits per heavy atom. The minimum atomic E-state index is -0.0937. The predicted octanol–water partition coefficient (Wildman–Crippen LogP) is 2.97. The van der Waals surface area contributed by atoms with Crippen LogP contribution < -0.4 is 10.6 Å². The molecule has 5 nitrogen and oxygen atoms in total. The van der Waals surface area contributed by atoms with Crippen molar-refractivity contribution >= 4 is 5.91 Å². The molecular formula is C22H36N4O. The molecule has 3 heterocycles. The second-order valence-electron chi connectivity index (χ2n) is 9.11. The molecule has 2 saturated heterocycles. The number of amides is 1. The number of nitrogens with one attached hydrogen (secondary N) is 2. The van der Waals surface area contributed by atoms with Gasteiger partial charge in [0.2, 0.25) is 5.91 Å². The molecule has 2 aliphatic heterocycles. The number of fused-ring (bicyclic) bond motifs is 2. The van der Waals surface area contributed by atoms with E-state index in [1.807, 2.05) is 18.5 Å². The topological polar surface area (TPSA) is 57.3 Å². The molecule has 1 amide bonds. The molecule has 3 atom stereocenters. The summed E-state index contributed by atoms with van der Waals surface area (Å²) in [6.45, 7) is 10.7. The highest BCUT2D eigenvalue weighted by Gasteiger charge is 2.36. The van der Waals surface area contributed by atoms with Crippen molar-refractivity contribution in [2.45, 2.75) is 71.0 Å². The van der Waals surface area contributed by atoms with Gasteiger partial charge < -0.3 is 10.6 Å². The zero-order chi connectivity index (χ0) is 19.3. The number of carbonyl (C=O) groups excluding carboxylic acids is 1. The van der Waals surface area contributed by atoms with Crippen molar-refractivity contribution in [3.63, 3.8) is 0 Å². The van der Waals surface area contributed by atoms with Crippen LogP contribution in [-0.2, 0) is 11.3 Å². The standard InChI is InChI=1S/C22H36N4O/c1-4-22(2,3)25-21(27)9-5-8-20-19-11-18(13-24-20)15-26(16-19)14-17-7-6-10-23-12-17/h6-7,10,12,18-20,24H,4-5,8-9,11,13-16H2,1-3H3,(H,25,27)/t18?,19?,20-/m1/s1. The highest BCUT2D eigenvalue weighted by Crippen LogP contribution is 2.31. The summed E-state index contributed by atoms with van der Waals surface area (Å²) in [5.74, 6) is 1.65. The van der Waals surface area contributed by atoms with Crippen LogP contribution in [-0.4, -0.2) is 47.0 Å². The van der Waals surface area contributed by atoms with Gasteiger partial charge in [-0.15, -0.1) is 0 Å². The number of rotatable bonds is 8. The third kappa shape index (κ3) is 6.01. The van der Waals surface area contributed by atoms with E-state index in [2.05, 4.69) is 47.4 Å². The smallest absolute Gasteiger partial charge is 0.220 e. The molecule has 2 N–H and O–H groups in total. The van der Waals surface area contributed by atoms with Crippen LogP contribution in [0, 0.1) is 11.8 Å². The molecule has 2 aliphatic rings. The lowest BCUT2D eigenvalue weighted by molar-refractivity contribution is -0.122. The normalized spacial score (nSPS) is 26.0. The van der Waals surface area contributed by atoms with E-state index in [0.29, 0.717) is 18.4 Å². The lowest BCUT2D eigenvalue weighted by Gasteiger charge is -2.46. The molecular weight excluding hydrogens is 336 g/mol. The quantitative estimate of drug-likeness (QED) is 0.737. The van der Waals surface area contributed by atoms with Crippen LogP contribution in [0.3, 0.4) is 0 Å². The second kappa shape index (κ2) is 9.16. The van der Waals surface area contributed by atoms with Crippen molar-refractivity contribution in [3.8, 4) is 0 Å². The van der Waals surface area contributed by atoms with Crippen LogP contribution in [0.4, 0.5) is 0 Å². The lowest BCUT2D eigenvalue weighted by atomic mass is 9.79. The Bertz CT molecular complexity index is 604. The van der Waals surface area contributed by atoms with E-state index in [4.69, 9.17) is 0 Å². The second-order valence-corrected chi connectivity index (χ2v) is 9.11. The first kappa shape index (κ1) is 20.3. The van der Waals surface area contributed by atoms with E-state index in [9.17, 15) is 4.79 Å². The van der Waals surface area contributed by atoms with Crippen LogP contribution in [0.25, 0.3) is 0 Å². The van der Waals surface area contributed by atoms with Crippen LogP contribution in [0.1, 0.15) is 58.4 Å². The van der Waals surface area contributed by atoms with Gasteiger partial charge in [-0.3, -0.25) is 14.7 Å². The maximum atomic E-state index is 12.2. The average Bonchev–Trinajstić information content (AvgIpc) is 2.64. The van der Waals surface area contributed by atoms with E-state index in [1.165, 1.54) is 18.5 Å². The number of likely N-dealkylation sites (tertiary alicyclic amines) is 1. The summed E-state index contributed by atoms with van der Waals surface area (Å²) in [7, 11) is 0. The third-order valence-electron chi connectivity index (χ3n) is 6.29. The fourth-order valence-electron chi connectivity index (χ4n) is 4.50. The van der Waals surface area contributed by atoms with Crippen molar-refractivity contribution in [2.75, 3.05) is 19.6 Å². The fourth-order valence-corrected chi connectivity index (χ4v) is 4.50. The molecule has 0 aliphatic carbocycles. The molecule has 2 fully saturated rings. The van der Waals surface area contributed by atoms with Gasteiger partial charge in [0.05, 0.1) is 0 Å². The minimum Gasteiger partial charge on any atom is -0.351 e. The Morgan fingerprint density at radius 1 is 1.41 bits per heavy atom. The Kier molecular flexibility index (Phi) is 6.88. The number of hydrogen-bond donors (Lipinski definition) is 2. The van der Waals surface area contributed by atoms with Gasteiger partial charge in [-0.25, -0.2) is 0 Å². The van der Waals surface area contributed by atoms with Gasteiger partial charge in [-0.1, -0.05) is 13.0 Å². The zero-order valence-electron chi connectivity index (χ0n) is 17.2.